The molecule has 1 unspecified atom stereocenters. The summed E-state index contributed by atoms with van der Waals surface area (Å²) in [6.07, 6.45) is 7.39. The standard InChI is InChI=1S/C27H35F3N4O2S/c1-6-20(25(35)36)8-7-9-21(14-17(2)3)24-33-16-22(37-24)19(5)15-18(4)10-12-31-26-32-13-11-23(34-26)27(28,29)30/h10-13,15-17,20-21H,5-9,14H2,1-4H3,(H,35,36)(H,31,32,34)/b12-10+,18-15-/t20-,21?/m1/s1. The summed E-state index contributed by atoms with van der Waals surface area (Å²) in [5.74, 6) is -0.427. The van der Waals surface area contributed by atoms with E-state index in [9.17, 15) is 23.1 Å². The molecule has 2 heterocycles. The number of aliphatic carboxylic acids is 1. The topological polar surface area (TPSA) is 88.0 Å². The quantitative estimate of drug-likeness (QED) is 0.238. The molecule has 0 aliphatic carbocycles. The zero-order chi connectivity index (χ0) is 27.6. The van der Waals surface area contributed by atoms with Crippen molar-refractivity contribution in [2.45, 2.75) is 71.9 Å². The summed E-state index contributed by atoms with van der Waals surface area (Å²) < 4.78 is 38.4. The molecule has 2 aromatic rings. The minimum absolute atomic E-state index is 0.144. The van der Waals surface area contributed by atoms with Crippen LogP contribution in [0.2, 0.25) is 0 Å². The first kappa shape index (κ1) is 30.2. The first-order valence-corrected chi connectivity index (χ1v) is 13.1. The van der Waals surface area contributed by atoms with Crippen LogP contribution < -0.4 is 5.32 Å². The van der Waals surface area contributed by atoms with Gasteiger partial charge in [-0.1, -0.05) is 39.8 Å². The predicted octanol–water partition coefficient (Wildman–Crippen LogP) is 7.95. The molecular formula is C27H35F3N4O2S. The van der Waals surface area contributed by atoms with Gasteiger partial charge in [-0.05, 0) is 61.8 Å². The van der Waals surface area contributed by atoms with Crippen LogP contribution in [-0.4, -0.2) is 26.0 Å². The molecule has 0 bridgehead atoms. The van der Waals surface area contributed by atoms with Gasteiger partial charge in [0.05, 0.1) is 15.8 Å². The summed E-state index contributed by atoms with van der Waals surface area (Å²) in [4.78, 5) is 24.2. The van der Waals surface area contributed by atoms with Crippen LogP contribution in [0.4, 0.5) is 19.1 Å². The number of halogens is 3. The molecule has 0 aromatic carbocycles. The van der Waals surface area contributed by atoms with E-state index in [1.165, 1.54) is 6.20 Å². The predicted molar refractivity (Wildman–Crippen MR) is 142 cm³/mol. The number of nitrogens with one attached hydrogen (secondary N) is 1. The Morgan fingerprint density at radius 1 is 1.27 bits per heavy atom. The highest BCUT2D eigenvalue weighted by Crippen LogP contribution is 2.35. The van der Waals surface area contributed by atoms with Gasteiger partial charge in [-0.15, -0.1) is 11.3 Å². The Balaban J connectivity index is 2.02. The molecule has 202 valence electrons. The second-order valence-electron chi connectivity index (χ2n) is 9.42. The maximum Gasteiger partial charge on any atom is 0.433 e. The number of nitrogens with zero attached hydrogens (tertiary/aromatic N) is 3. The summed E-state index contributed by atoms with van der Waals surface area (Å²) >= 11 is 1.59. The molecule has 10 heteroatoms. The highest BCUT2D eigenvalue weighted by molar-refractivity contribution is 7.12. The zero-order valence-electron chi connectivity index (χ0n) is 21.7. The first-order valence-electron chi connectivity index (χ1n) is 12.3. The number of hydrogen-bond acceptors (Lipinski definition) is 6. The lowest BCUT2D eigenvalue weighted by Crippen LogP contribution is -2.13. The normalized spacial score (nSPS) is 14.2. The first-order chi connectivity index (χ1) is 17.4. The van der Waals surface area contributed by atoms with Crippen LogP contribution in [0.3, 0.4) is 0 Å². The SMILES string of the molecule is C=C(/C=C(C)\C=C\Nc1nccc(C(F)(F)F)n1)c1cnc(C(CCC[C@@H](CC)C(=O)O)CC(C)C)s1. The van der Waals surface area contributed by atoms with Gasteiger partial charge in [0, 0.05) is 24.5 Å². The molecule has 2 rings (SSSR count). The maximum atomic E-state index is 12.8. The van der Waals surface area contributed by atoms with Gasteiger partial charge in [0.15, 0.2) is 0 Å². The third-order valence-electron chi connectivity index (χ3n) is 5.80. The molecule has 2 N–H and O–H groups in total. The van der Waals surface area contributed by atoms with E-state index in [0.717, 1.165) is 52.6 Å². The smallest absolute Gasteiger partial charge is 0.433 e. The van der Waals surface area contributed by atoms with E-state index in [2.05, 4.69) is 40.7 Å². The van der Waals surface area contributed by atoms with Crippen molar-refractivity contribution in [3.63, 3.8) is 0 Å². The van der Waals surface area contributed by atoms with Gasteiger partial charge in [0.25, 0.3) is 0 Å². The third kappa shape index (κ3) is 10.1. The molecule has 6 nitrogen and oxygen atoms in total. The molecule has 0 aliphatic heterocycles. The lowest BCUT2D eigenvalue weighted by Gasteiger charge is -2.18. The van der Waals surface area contributed by atoms with E-state index in [4.69, 9.17) is 0 Å². The van der Waals surface area contributed by atoms with Crippen molar-refractivity contribution in [3.05, 3.63) is 64.5 Å². The fourth-order valence-corrected chi connectivity index (χ4v) is 4.88. The Labute approximate surface area is 220 Å². The van der Waals surface area contributed by atoms with Gasteiger partial charge in [-0.25, -0.2) is 15.0 Å². The highest BCUT2D eigenvalue weighted by Gasteiger charge is 2.32. The fourth-order valence-electron chi connectivity index (χ4n) is 3.88. The van der Waals surface area contributed by atoms with Gasteiger partial charge in [-0.2, -0.15) is 13.2 Å². The lowest BCUT2D eigenvalue weighted by atomic mass is 9.90. The van der Waals surface area contributed by atoms with E-state index in [0.29, 0.717) is 18.8 Å². The minimum atomic E-state index is -4.53. The van der Waals surface area contributed by atoms with E-state index in [-0.39, 0.29) is 17.8 Å². The number of alkyl halides is 3. The second kappa shape index (κ2) is 14.1. The molecule has 2 atom stereocenters. The molecule has 0 aliphatic rings. The summed E-state index contributed by atoms with van der Waals surface area (Å²) in [7, 11) is 0. The number of thiazole rings is 1. The molecule has 2 aromatic heterocycles. The lowest BCUT2D eigenvalue weighted by molar-refractivity contribution is -0.142. The zero-order valence-corrected chi connectivity index (χ0v) is 22.5. The summed E-state index contributed by atoms with van der Waals surface area (Å²) in [6.45, 7) is 12.2. The number of carboxylic acid groups (broad SMARTS) is 1. The van der Waals surface area contributed by atoms with E-state index >= 15 is 0 Å². The molecule has 0 amide bonds. The number of hydrogen-bond donors (Lipinski definition) is 2. The van der Waals surface area contributed by atoms with Gasteiger partial charge in [0.2, 0.25) is 5.95 Å². The van der Waals surface area contributed by atoms with Crippen LogP contribution in [0.1, 0.15) is 81.3 Å². The van der Waals surface area contributed by atoms with E-state index in [1.54, 1.807) is 17.4 Å². The fraction of sp³-hybridized carbons (Fsp3) is 0.481. The average molecular weight is 537 g/mol. The maximum absolute atomic E-state index is 12.8. The third-order valence-corrected chi connectivity index (χ3v) is 7.03. The Morgan fingerprint density at radius 2 is 2.00 bits per heavy atom. The van der Waals surface area contributed by atoms with Crippen molar-refractivity contribution >= 4 is 28.8 Å². The van der Waals surface area contributed by atoms with Gasteiger partial charge >= 0.3 is 12.1 Å². The summed E-state index contributed by atoms with van der Waals surface area (Å²) in [5, 5.41) is 13.0. The molecule has 0 saturated heterocycles. The second-order valence-corrected chi connectivity index (χ2v) is 10.5. The molecule has 0 spiro atoms. The monoisotopic (exact) mass is 536 g/mol. The van der Waals surface area contributed by atoms with Crippen molar-refractivity contribution < 1.29 is 23.1 Å². The molecular weight excluding hydrogens is 501 g/mol. The Morgan fingerprint density at radius 3 is 2.62 bits per heavy atom. The summed E-state index contributed by atoms with van der Waals surface area (Å²) in [6, 6.07) is 0.817. The van der Waals surface area contributed by atoms with Gasteiger partial charge < -0.3 is 10.4 Å². The van der Waals surface area contributed by atoms with Gasteiger partial charge in [0.1, 0.15) is 5.69 Å². The van der Waals surface area contributed by atoms with Crippen molar-refractivity contribution in [2.24, 2.45) is 11.8 Å². The number of rotatable bonds is 14. The number of anilines is 1. The average Bonchev–Trinajstić information content (AvgIpc) is 3.31. The van der Waals surface area contributed by atoms with Crippen molar-refractivity contribution in [1.82, 2.24) is 15.0 Å². The van der Waals surface area contributed by atoms with E-state index < -0.39 is 17.8 Å². The molecule has 37 heavy (non-hydrogen) atoms. The number of carboxylic acids is 1. The van der Waals surface area contributed by atoms with Crippen molar-refractivity contribution in [3.8, 4) is 0 Å². The van der Waals surface area contributed by atoms with Crippen LogP contribution in [0.25, 0.3) is 5.57 Å². The van der Waals surface area contributed by atoms with Crippen LogP contribution in [0.15, 0.2) is 49.0 Å². The number of allylic oxidation sites excluding steroid dienone is 4. The van der Waals surface area contributed by atoms with Crippen molar-refractivity contribution in [2.75, 3.05) is 5.32 Å². The molecule has 0 saturated carbocycles. The highest BCUT2D eigenvalue weighted by atomic mass is 32.1. The Bertz CT molecular complexity index is 1110. The molecule has 0 fully saturated rings. The summed E-state index contributed by atoms with van der Waals surface area (Å²) in [5.41, 5.74) is 0.599. The van der Waals surface area contributed by atoms with Crippen LogP contribution >= 0.6 is 11.3 Å². The van der Waals surface area contributed by atoms with Crippen molar-refractivity contribution in [1.29, 1.82) is 0 Å². The van der Waals surface area contributed by atoms with Crippen LogP contribution in [0.5, 0.6) is 0 Å². The minimum Gasteiger partial charge on any atom is -0.481 e. The van der Waals surface area contributed by atoms with Crippen LogP contribution in [-0.2, 0) is 11.0 Å². The van der Waals surface area contributed by atoms with Gasteiger partial charge in [-0.3, -0.25) is 4.79 Å². The number of aromatic nitrogens is 3. The Hall–Kier alpha value is -3.01. The molecule has 0 radical (unpaired) electrons. The van der Waals surface area contributed by atoms with Crippen LogP contribution in [0, 0.1) is 11.8 Å². The number of carbonyl (C=O) groups is 1. The van der Waals surface area contributed by atoms with E-state index in [1.807, 2.05) is 26.1 Å². The Kier molecular flexibility index (Phi) is 11.5. The largest absolute Gasteiger partial charge is 0.481 e.